The van der Waals surface area contributed by atoms with E-state index in [1.165, 1.54) is 0 Å². The lowest BCUT2D eigenvalue weighted by atomic mass is 9.99. The highest BCUT2D eigenvalue weighted by atomic mass is 16.7. The van der Waals surface area contributed by atoms with Crippen molar-refractivity contribution in [3.63, 3.8) is 0 Å². The van der Waals surface area contributed by atoms with E-state index in [4.69, 9.17) is 18.9 Å². The van der Waals surface area contributed by atoms with Crippen LogP contribution in [-0.4, -0.2) is 89.0 Å². The molecular formula is C49H76O10. The highest BCUT2D eigenvalue weighted by Gasteiger charge is 2.44. The van der Waals surface area contributed by atoms with Gasteiger partial charge in [-0.15, -0.1) is 0 Å². The van der Waals surface area contributed by atoms with Crippen LogP contribution in [0.2, 0.25) is 0 Å². The first-order chi connectivity index (χ1) is 28.8. The van der Waals surface area contributed by atoms with Gasteiger partial charge in [-0.1, -0.05) is 149 Å². The molecule has 0 aromatic rings. The van der Waals surface area contributed by atoms with Crippen LogP contribution in [0.15, 0.2) is 109 Å². The van der Waals surface area contributed by atoms with Crippen molar-refractivity contribution < 1.29 is 49.0 Å². The molecule has 6 atom stereocenters. The zero-order valence-electron chi connectivity index (χ0n) is 35.9. The van der Waals surface area contributed by atoms with E-state index in [0.29, 0.717) is 12.8 Å². The molecule has 0 radical (unpaired) electrons. The Morgan fingerprint density at radius 1 is 0.542 bits per heavy atom. The van der Waals surface area contributed by atoms with E-state index < -0.39 is 55.4 Å². The van der Waals surface area contributed by atoms with Crippen LogP contribution in [0.1, 0.15) is 129 Å². The van der Waals surface area contributed by atoms with E-state index in [0.717, 1.165) is 89.9 Å². The summed E-state index contributed by atoms with van der Waals surface area (Å²) >= 11 is 0. The van der Waals surface area contributed by atoms with Gasteiger partial charge in [-0.3, -0.25) is 9.59 Å². The number of rotatable bonds is 34. The van der Waals surface area contributed by atoms with Crippen molar-refractivity contribution in [1.29, 1.82) is 0 Å². The first kappa shape index (κ1) is 53.4. The van der Waals surface area contributed by atoms with Gasteiger partial charge < -0.3 is 39.4 Å². The molecule has 0 amide bonds. The molecule has 10 nitrogen and oxygen atoms in total. The summed E-state index contributed by atoms with van der Waals surface area (Å²) in [6, 6.07) is 0. The molecule has 59 heavy (non-hydrogen) atoms. The van der Waals surface area contributed by atoms with Gasteiger partial charge in [0.2, 0.25) is 0 Å². The van der Waals surface area contributed by atoms with Gasteiger partial charge in [-0.25, -0.2) is 0 Å². The van der Waals surface area contributed by atoms with Gasteiger partial charge in [0, 0.05) is 12.8 Å². The quantitative estimate of drug-likeness (QED) is 0.0214. The summed E-state index contributed by atoms with van der Waals surface area (Å²) in [5, 5.41) is 40.1. The van der Waals surface area contributed by atoms with Gasteiger partial charge in [0.05, 0.1) is 13.2 Å². The Hall–Kier alpha value is -3.64. The summed E-state index contributed by atoms with van der Waals surface area (Å²) in [5.41, 5.74) is 0. The molecule has 0 spiro atoms. The lowest BCUT2D eigenvalue weighted by Gasteiger charge is -2.39. The van der Waals surface area contributed by atoms with Crippen LogP contribution in [0.5, 0.6) is 0 Å². The number of carbonyl (C=O) groups excluding carboxylic acids is 2. The van der Waals surface area contributed by atoms with E-state index in [2.05, 4.69) is 92.8 Å². The van der Waals surface area contributed by atoms with Crippen LogP contribution in [0.3, 0.4) is 0 Å². The molecule has 0 bridgehead atoms. The molecule has 1 fully saturated rings. The monoisotopic (exact) mass is 825 g/mol. The fraction of sp³-hybridized carbons (Fsp3) is 0.592. The van der Waals surface area contributed by atoms with Gasteiger partial charge >= 0.3 is 11.9 Å². The average molecular weight is 825 g/mol. The number of carbonyl (C=O) groups is 2. The molecule has 1 aliphatic rings. The maximum absolute atomic E-state index is 12.8. The number of aliphatic hydroxyl groups is 4. The summed E-state index contributed by atoms with van der Waals surface area (Å²) < 4.78 is 22.1. The smallest absolute Gasteiger partial charge is 0.306 e. The average Bonchev–Trinajstić information content (AvgIpc) is 3.23. The maximum atomic E-state index is 12.8. The van der Waals surface area contributed by atoms with Gasteiger partial charge in [-0.05, 0) is 77.0 Å². The minimum absolute atomic E-state index is 0.189. The van der Waals surface area contributed by atoms with E-state index in [9.17, 15) is 30.0 Å². The molecule has 0 aromatic carbocycles. The number of hydrogen-bond acceptors (Lipinski definition) is 10. The van der Waals surface area contributed by atoms with Crippen LogP contribution in [0.25, 0.3) is 0 Å². The molecule has 332 valence electrons. The number of unbranched alkanes of at least 4 members (excludes halogenated alkanes) is 8. The lowest BCUT2D eigenvalue weighted by Crippen LogP contribution is -2.59. The van der Waals surface area contributed by atoms with Crippen LogP contribution >= 0.6 is 0 Å². The largest absolute Gasteiger partial charge is 0.462 e. The minimum atomic E-state index is -1.61. The lowest BCUT2D eigenvalue weighted by molar-refractivity contribution is -0.305. The summed E-state index contributed by atoms with van der Waals surface area (Å²) in [7, 11) is 0. The zero-order chi connectivity index (χ0) is 43.0. The zero-order valence-corrected chi connectivity index (χ0v) is 35.9. The van der Waals surface area contributed by atoms with Crippen LogP contribution in [-0.2, 0) is 28.5 Å². The topological polar surface area (TPSA) is 152 Å². The maximum Gasteiger partial charge on any atom is 0.306 e. The summed E-state index contributed by atoms with van der Waals surface area (Å²) in [4.78, 5) is 25.3. The Kier molecular flexibility index (Phi) is 34.9. The molecule has 0 saturated carbocycles. The van der Waals surface area contributed by atoms with Crippen molar-refractivity contribution in [2.75, 3.05) is 19.8 Å². The van der Waals surface area contributed by atoms with E-state index in [1.807, 2.05) is 30.4 Å². The van der Waals surface area contributed by atoms with Crippen molar-refractivity contribution in [2.24, 2.45) is 0 Å². The second-order valence-electron chi connectivity index (χ2n) is 14.5. The highest BCUT2D eigenvalue weighted by molar-refractivity contribution is 5.70. The van der Waals surface area contributed by atoms with Crippen molar-refractivity contribution in [1.82, 2.24) is 0 Å². The molecule has 4 N–H and O–H groups in total. The van der Waals surface area contributed by atoms with Crippen LogP contribution < -0.4 is 0 Å². The number of aliphatic hydroxyl groups excluding tert-OH is 4. The highest BCUT2D eigenvalue weighted by Crippen LogP contribution is 2.22. The van der Waals surface area contributed by atoms with E-state index in [-0.39, 0.29) is 26.1 Å². The molecular weight excluding hydrogens is 749 g/mol. The molecule has 1 rings (SSSR count). The molecule has 1 heterocycles. The minimum Gasteiger partial charge on any atom is -0.462 e. The van der Waals surface area contributed by atoms with Crippen LogP contribution in [0.4, 0.5) is 0 Å². The van der Waals surface area contributed by atoms with Gasteiger partial charge in [0.1, 0.15) is 31.0 Å². The van der Waals surface area contributed by atoms with Crippen LogP contribution in [0, 0.1) is 0 Å². The van der Waals surface area contributed by atoms with Crippen molar-refractivity contribution in [3.8, 4) is 0 Å². The van der Waals surface area contributed by atoms with E-state index >= 15 is 0 Å². The number of ether oxygens (including phenoxy) is 4. The first-order valence-electron chi connectivity index (χ1n) is 22.0. The summed E-state index contributed by atoms with van der Waals surface area (Å²) in [6.07, 6.45) is 45.2. The fourth-order valence-corrected chi connectivity index (χ4v) is 5.81. The third-order valence-corrected chi connectivity index (χ3v) is 9.25. The third kappa shape index (κ3) is 30.1. The Morgan fingerprint density at radius 3 is 1.64 bits per heavy atom. The standard InChI is InChI=1S/C49H76O10/c1-3-5-7-9-11-13-15-17-19-20-21-22-24-25-27-29-31-33-35-37-44(51)56-40-42(41-57-49-48(55)47(54)46(53)43(39-50)59-49)58-45(52)38-36-34-32-30-28-26-23-18-16-14-12-10-8-6-4-2/h5-8,10-14,16-19,21-23,25,27,42-43,46-50,53-55H,3-4,9,15,20,24,26,28-41H2,1-2H3/b7-5+,8-6+,12-10+,13-11+,16-14+,19-17+,22-21+,23-18+,27-25+/t42-,43-,46+,47?,48?,49-/m0/s1. The van der Waals surface area contributed by atoms with Crippen molar-refractivity contribution >= 4 is 11.9 Å². The fourth-order valence-electron chi connectivity index (χ4n) is 5.81. The Bertz CT molecular complexity index is 1320. The predicted octanol–water partition coefficient (Wildman–Crippen LogP) is 9.33. The molecule has 10 heteroatoms. The second-order valence-corrected chi connectivity index (χ2v) is 14.5. The van der Waals surface area contributed by atoms with Gasteiger partial charge in [-0.2, -0.15) is 0 Å². The van der Waals surface area contributed by atoms with Gasteiger partial charge in [0.15, 0.2) is 12.4 Å². The second kappa shape index (κ2) is 38.6. The molecule has 0 aromatic heterocycles. The Labute approximate surface area is 355 Å². The molecule has 2 unspecified atom stereocenters. The van der Waals surface area contributed by atoms with Crippen molar-refractivity contribution in [3.05, 3.63) is 109 Å². The number of esters is 2. The Morgan fingerprint density at radius 2 is 1.03 bits per heavy atom. The first-order valence-corrected chi connectivity index (χ1v) is 22.0. The SMILES string of the molecule is CC/C=C/C=C/C=C/C=C/CCCCCCCC(=O)O[C@@H](COC(=O)CCCCC/C=C/C/C=C/C/C=C/C/C=C/C/C=C/CC)CO[C@H]1O[C@@H](CO)[C@@H](O)C(O)C1O. The van der Waals surface area contributed by atoms with Crippen molar-refractivity contribution in [2.45, 2.75) is 166 Å². The number of allylic oxidation sites excluding steroid dienone is 18. The summed E-state index contributed by atoms with van der Waals surface area (Å²) in [6.45, 7) is 3.08. The molecule has 1 aliphatic heterocycles. The molecule has 0 aliphatic carbocycles. The van der Waals surface area contributed by atoms with Gasteiger partial charge in [0.25, 0.3) is 0 Å². The predicted molar refractivity (Wildman–Crippen MR) is 237 cm³/mol. The number of hydrogen-bond donors (Lipinski definition) is 4. The normalized spacial score (nSPS) is 21.1. The molecule has 1 saturated heterocycles. The third-order valence-electron chi connectivity index (χ3n) is 9.25. The van der Waals surface area contributed by atoms with E-state index in [1.54, 1.807) is 0 Å². The summed E-state index contributed by atoms with van der Waals surface area (Å²) in [5.74, 6) is -0.885. The Balaban J connectivity index is 2.39.